The van der Waals surface area contributed by atoms with Crippen LogP contribution in [-0.4, -0.2) is 25.3 Å². The van der Waals surface area contributed by atoms with Gasteiger partial charge in [-0.1, -0.05) is 17.3 Å². The van der Waals surface area contributed by atoms with Crippen molar-refractivity contribution in [3.05, 3.63) is 65.6 Å². The van der Waals surface area contributed by atoms with E-state index in [1.54, 1.807) is 44.6 Å². The summed E-state index contributed by atoms with van der Waals surface area (Å²) in [6.45, 7) is 0.233. The molecule has 0 aliphatic rings. The highest BCUT2D eigenvalue weighted by atomic mass is 19.1. The largest absolute Gasteiger partial charge is 0.493 e. The second kappa shape index (κ2) is 8.35. The molecular weight excluding hydrogens is 351 g/mol. The normalized spacial score (nSPS) is 10.5. The second-order valence-electron chi connectivity index (χ2n) is 5.83. The molecule has 7 heteroatoms. The number of nitrogens with zero attached hydrogens (tertiary/aromatic N) is 1. The van der Waals surface area contributed by atoms with Gasteiger partial charge in [-0.15, -0.1) is 0 Å². The van der Waals surface area contributed by atoms with Gasteiger partial charge in [0.1, 0.15) is 11.5 Å². The van der Waals surface area contributed by atoms with Gasteiger partial charge >= 0.3 is 0 Å². The number of nitrogens with one attached hydrogen (secondary N) is 1. The SMILES string of the molecule is COc1ccc(-c2cc(CNC(=O)Cc3ccc(F)cc3)no2)cc1OC. The minimum Gasteiger partial charge on any atom is -0.493 e. The summed E-state index contributed by atoms with van der Waals surface area (Å²) >= 11 is 0. The molecule has 0 saturated carbocycles. The van der Waals surface area contributed by atoms with E-state index in [1.165, 1.54) is 12.1 Å². The third kappa shape index (κ3) is 4.63. The molecule has 2 aromatic carbocycles. The first kappa shape index (κ1) is 18.4. The van der Waals surface area contributed by atoms with Crippen LogP contribution in [0.3, 0.4) is 0 Å². The van der Waals surface area contributed by atoms with Crippen molar-refractivity contribution >= 4 is 5.91 Å². The Bertz CT molecular complexity index is 922. The first-order valence-electron chi connectivity index (χ1n) is 8.28. The van der Waals surface area contributed by atoms with Gasteiger partial charge in [0.05, 0.1) is 27.2 Å². The fourth-order valence-corrected chi connectivity index (χ4v) is 2.56. The lowest BCUT2D eigenvalue weighted by atomic mass is 10.1. The van der Waals surface area contributed by atoms with E-state index in [0.29, 0.717) is 23.0 Å². The van der Waals surface area contributed by atoms with Crippen molar-refractivity contribution in [2.45, 2.75) is 13.0 Å². The number of carbonyl (C=O) groups is 1. The van der Waals surface area contributed by atoms with Gasteiger partial charge in [-0.3, -0.25) is 4.79 Å². The Morgan fingerprint density at radius 3 is 2.52 bits per heavy atom. The Balaban J connectivity index is 1.61. The topological polar surface area (TPSA) is 73.6 Å². The van der Waals surface area contributed by atoms with E-state index in [0.717, 1.165) is 11.1 Å². The van der Waals surface area contributed by atoms with Gasteiger partial charge in [-0.05, 0) is 35.9 Å². The minimum absolute atomic E-state index is 0.167. The number of methoxy groups -OCH3 is 2. The van der Waals surface area contributed by atoms with Crippen LogP contribution in [0.5, 0.6) is 11.5 Å². The molecule has 1 N–H and O–H groups in total. The summed E-state index contributed by atoms with van der Waals surface area (Å²) in [7, 11) is 3.13. The maximum atomic E-state index is 12.9. The number of halogens is 1. The summed E-state index contributed by atoms with van der Waals surface area (Å²) in [6.07, 6.45) is 0.167. The zero-order valence-electron chi connectivity index (χ0n) is 15.0. The number of hydrogen-bond acceptors (Lipinski definition) is 5. The molecule has 1 heterocycles. The summed E-state index contributed by atoms with van der Waals surface area (Å²) in [5, 5.41) is 6.74. The van der Waals surface area contributed by atoms with Crippen molar-refractivity contribution < 1.29 is 23.2 Å². The number of carbonyl (C=O) groups excluding carboxylic acids is 1. The van der Waals surface area contributed by atoms with Crippen molar-refractivity contribution in [1.29, 1.82) is 0 Å². The second-order valence-corrected chi connectivity index (χ2v) is 5.83. The molecule has 1 aromatic heterocycles. The number of rotatable bonds is 7. The van der Waals surface area contributed by atoms with Crippen molar-refractivity contribution in [2.75, 3.05) is 14.2 Å². The highest BCUT2D eigenvalue weighted by Crippen LogP contribution is 2.32. The van der Waals surface area contributed by atoms with E-state index in [1.807, 2.05) is 6.07 Å². The predicted molar refractivity (Wildman–Crippen MR) is 97.0 cm³/mol. The Morgan fingerprint density at radius 1 is 1.07 bits per heavy atom. The molecule has 0 spiro atoms. The van der Waals surface area contributed by atoms with E-state index in [-0.39, 0.29) is 24.7 Å². The molecule has 0 aliphatic heterocycles. The summed E-state index contributed by atoms with van der Waals surface area (Å²) in [4.78, 5) is 12.0. The van der Waals surface area contributed by atoms with Crippen LogP contribution in [0.15, 0.2) is 53.1 Å². The first-order valence-corrected chi connectivity index (χ1v) is 8.28. The summed E-state index contributed by atoms with van der Waals surface area (Å²) < 4.78 is 28.7. The molecule has 27 heavy (non-hydrogen) atoms. The zero-order chi connectivity index (χ0) is 19.2. The Hall–Kier alpha value is -3.35. The molecule has 0 unspecified atom stereocenters. The van der Waals surface area contributed by atoms with Crippen LogP contribution < -0.4 is 14.8 Å². The monoisotopic (exact) mass is 370 g/mol. The molecule has 0 saturated heterocycles. The van der Waals surface area contributed by atoms with Gasteiger partial charge in [0.2, 0.25) is 5.91 Å². The van der Waals surface area contributed by atoms with Gasteiger partial charge in [0.15, 0.2) is 17.3 Å². The Morgan fingerprint density at radius 2 is 1.81 bits per heavy atom. The van der Waals surface area contributed by atoms with Gasteiger partial charge in [0.25, 0.3) is 0 Å². The van der Waals surface area contributed by atoms with Crippen molar-refractivity contribution in [3.8, 4) is 22.8 Å². The molecule has 3 aromatic rings. The minimum atomic E-state index is -0.329. The number of hydrogen-bond donors (Lipinski definition) is 1. The molecular formula is C20H19FN2O4. The van der Waals surface area contributed by atoms with Crippen molar-refractivity contribution in [2.24, 2.45) is 0 Å². The highest BCUT2D eigenvalue weighted by Gasteiger charge is 2.12. The van der Waals surface area contributed by atoms with Crippen LogP contribution in [-0.2, 0) is 17.8 Å². The average molecular weight is 370 g/mol. The number of amides is 1. The highest BCUT2D eigenvalue weighted by molar-refractivity contribution is 5.78. The summed E-state index contributed by atoms with van der Waals surface area (Å²) in [5.74, 6) is 1.25. The van der Waals surface area contributed by atoms with E-state index in [9.17, 15) is 9.18 Å². The lowest BCUT2D eigenvalue weighted by Crippen LogP contribution is -2.24. The molecule has 0 bridgehead atoms. The molecule has 0 fully saturated rings. The third-order valence-corrected chi connectivity index (χ3v) is 3.97. The van der Waals surface area contributed by atoms with Crippen LogP contribution >= 0.6 is 0 Å². The van der Waals surface area contributed by atoms with Crippen LogP contribution in [0, 0.1) is 5.82 Å². The smallest absolute Gasteiger partial charge is 0.224 e. The third-order valence-electron chi connectivity index (χ3n) is 3.97. The number of ether oxygens (including phenoxy) is 2. The van der Waals surface area contributed by atoms with E-state index < -0.39 is 0 Å². The van der Waals surface area contributed by atoms with Crippen LogP contribution in [0.1, 0.15) is 11.3 Å². The Labute approximate surface area is 155 Å². The molecule has 0 aliphatic carbocycles. The quantitative estimate of drug-likeness (QED) is 0.690. The molecule has 140 valence electrons. The van der Waals surface area contributed by atoms with E-state index >= 15 is 0 Å². The van der Waals surface area contributed by atoms with Crippen molar-refractivity contribution in [1.82, 2.24) is 10.5 Å². The van der Waals surface area contributed by atoms with E-state index in [2.05, 4.69) is 10.5 Å². The van der Waals surface area contributed by atoms with E-state index in [4.69, 9.17) is 14.0 Å². The summed E-state index contributed by atoms with van der Waals surface area (Å²) in [5.41, 5.74) is 2.11. The number of aromatic nitrogens is 1. The lowest BCUT2D eigenvalue weighted by Gasteiger charge is -2.07. The fraction of sp³-hybridized carbons (Fsp3) is 0.200. The van der Waals surface area contributed by atoms with Gasteiger partial charge in [-0.25, -0.2) is 4.39 Å². The zero-order valence-corrected chi connectivity index (χ0v) is 15.0. The Kier molecular flexibility index (Phi) is 5.71. The van der Waals surface area contributed by atoms with Gasteiger partial charge in [0, 0.05) is 11.6 Å². The molecule has 1 amide bonds. The summed E-state index contributed by atoms with van der Waals surface area (Å²) in [6, 6.07) is 13.0. The number of benzene rings is 2. The van der Waals surface area contributed by atoms with Crippen molar-refractivity contribution in [3.63, 3.8) is 0 Å². The average Bonchev–Trinajstić information content (AvgIpc) is 3.16. The standard InChI is InChI=1S/C20H19FN2O4/c1-25-17-8-5-14(10-19(17)26-2)18-11-16(23-27-18)12-22-20(24)9-13-3-6-15(21)7-4-13/h3-8,10-11H,9,12H2,1-2H3,(H,22,24). The van der Waals surface area contributed by atoms with Crippen LogP contribution in [0.4, 0.5) is 4.39 Å². The predicted octanol–water partition coefficient (Wildman–Crippen LogP) is 3.36. The van der Waals surface area contributed by atoms with Crippen LogP contribution in [0.2, 0.25) is 0 Å². The first-order chi connectivity index (χ1) is 13.1. The van der Waals surface area contributed by atoms with Gasteiger partial charge in [-0.2, -0.15) is 0 Å². The molecule has 0 radical (unpaired) electrons. The lowest BCUT2D eigenvalue weighted by molar-refractivity contribution is -0.120. The maximum Gasteiger partial charge on any atom is 0.224 e. The fourth-order valence-electron chi connectivity index (χ4n) is 2.56. The molecule has 3 rings (SSSR count). The van der Waals surface area contributed by atoms with Crippen LogP contribution in [0.25, 0.3) is 11.3 Å². The maximum absolute atomic E-state index is 12.9. The van der Waals surface area contributed by atoms with Gasteiger partial charge < -0.3 is 19.3 Å². The molecule has 6 nitrogen and oxygen atoms in total. The molecule has 0 atom stereocenters.